The lowest BCUT2D eigenvalue weighted by Gasteiger charge is -2.27. The first-order valence-electron chi connectivity index (χ1n) is 11.6. The molecule has 0 bridgehead atoms. The summed E-state index contributed by atoms with van der Waals surface area (Å²) in [5.74, 6) is -1.09. The summed E-state index contributed by atoms with van der Waals surface area (Å²) in [6.07, 6.45) is 0.715. The van der Waals surface area contributed by atoms with Gasteiger partial charge in [0.25, 0.3) is 0 Å². The van der Waals surface area contributed by atoms with Crippen molar-refractivity contribution in [2.24, 2.45) is 0 Å². The third-order valence-corrected chi connectivity index (χ3v) is 6.42. The number of hydrogen-bond donors (Lipinski definition) is 4. The Bertz CT molecular complexity index is 1150. The zero-order chi connectivity index (χ0) is 25.9. The Morgan fingerprint density at radius 3 is 2.64 bits per heavy atom. The Kier molecular flexibility index (Phi) is 7.43. The number of benzene rings is 1. The minimum atomic E-state index is -4.73. The van der Waals surface area contributed by atoms with Crippen LogP contribution in [0, 0.1) is 0 Å². The van der Waals surface area contributed by atoms with Gasteiger partial charge < -0.3 is 26.0 Å². The predicted molar refractivity (Wildman–Crippen MR) is 128 cm³/mol. The first-order chi connectivity index (χ1) is 17.2. The highest BCUT2D eigenvalue weighted by molar-refractivity contribution is 6.01. The van der Waals surface area contributed by atoms with E-state index in [2.05, 4.69) is 32.5 Å². The number of alkyl halides is 3. The molecule has 36 heavy (non-hydrogen) atoms. The van der Waals surface area contributed by atoms with Crippen LogP contribution in [0.25, 0.3) is 0 Å². The van der Waals surface area contributed by atoms with E-state index in [1.54, 1.807) is 12.1 Å². The first-order valence-corrected chi connectivity index (χ1v) is 11.6. The third kappa shape index (κ3) is 5.76. The molecule has 1 saturated carbocycles. The maximum atomic E-state index is 13.8. The minimum absolute atomic E-state index is 0.0448. The standard InChI is InChI=1S/C24H27F3N6O3/c1-2-20(35)30-19-10-15(14-4-3-5-14)6-7-18(19)31-22-17(24(25,26)27)11-28-23(32-22)29-16-8-9-33(12-16)21(36)13-34/h2,6-7,10-11,14,16,34H,1,3-5,8-9,12-13H2,(H,30,35)(H2,28,29,31,32). The SMILES string of the molecule is C=CC(=O)Nc1cc(C2CCC2)ccc1Nc1nc(NC2CCN(C(=O)CO)C2)ncc1C(F)(F)F. The molecule has 192 valence electrons. The van der Waals surface area contributed by atoms with Crippen molar-refractivity contribution in [3.63, 3.8) is 0 Å². The van der Waals surface area contributed by atoms with Gasteiger partial charge in [0.15, 0.2) is 0 Å². The van der Waals surface area contributed by atoms with Gasteiger partial charge in [-0.05, 0) is 49.0 Å². The number of aliphatic hydroxyl groups is 1. The summed E-state index contributed by atoms with van der Waals surface area (Å²) in [5.41, 5.74) is 0.486. The number of halogens is 3. The molecule has 1 saturated heterocycles. The van der Waals surface area contributed by atoms with Crippen molar-refractivity contribution in [2.45, 2.75) is 43.8 Å². The van der Waals surface area contributed by atoms with Crippen molar-refractivity contribution in [3.8, 4) is 0 Å². The van der Waals surface area contributed by atoms with Crippen LogP contribution in [0.3, 0.4) is 0 Å². The minimum Gasteiger partial charge on any atom is -0.387 e. The van der Waals surface area contributed by atoms with Crippen molar-refractivity contribution in [1.82, 2.24) is 14.9 Å². The summed E-state index contributed by atoms with van der Waals surface area (Å²) in [7, 11) is 0. The van der Waals surface area contributed by atoms with Crippen LogP contribution in [-0.2, 0) is 15.8 Å². The summed E-state index contributed by atoms with van der Waals surface area (Å²) in [5, 5.41) is 17.4. The summed E-state index contributed by atoms with van der Waals surface area (Å²) >= 11 is 0. The lowest BCUT2D eigenvalue weighted by atomic mass is 9.80. The van der Waals surface area contributed by atoms with Gasteiger partial charge in [-0.1, -0.05) is 19.1 Å². The smallest absolute Gasteiger partial charge is 0.387 e. The van der Waals surface area contributed by atoms with Crippen LogP contribution >= 0.6 is 0 Å². The Labute approximate surface area is 205 Å². The predicted octanol–water partition coefficient (Wildman–Crippen LogP) is 3.64. The van der Waals surface area contributed by atoms with E-state index in [4.69, 9.17) is 5.11 Å². The number of carbonyl (C=O) groups excluding carboxylic acids is 2. The van der Waals surface area contributed by atoms with E-state index in [0.717, 1.165) is 30.9 Å². The van der Waals surface area contributed by atoms with E-state index < -0.39 is 36.0 Å². The van der Waals surface area contributed by atoms with E-state index in [1.165, 1.54) is 4.90 Å². The third-order valence-electron chi connectivity index (χ3n) is 6.42. The fraction of sp³-hybridized carbons (Fsp3) is 0.417. The van der Waals surface area contributed by atoms with Gasteiger partial charge in [-0.2, -0.15) is 18.2 Å². The fourth-order valence-corrected chi connectivity index (χ4v) is 4.22. The number of likely N-dealkylation sites (tertiary alicyclic amines) is 1. The van der Waals surface area contributed by atoms with Crippen molar-refractivity contribution in [3.05, 3.63) is 48.2 Å². The molecule has 1 aliphatic carbocycles. The van der Waals surface area contributed by atoms with Crippen LogP contribution < -0.4 is 16.0 Å². The molecule has 4 rings (SSSR count). The van der Waals surface area contributed by atoms with Gasteiger partial charge in [-0.15, -0.1) is 0 Å². The Morgan fingerprint density at radius 1 is 1.22 bits per heavy atom. The highest BCUT2D eigenvalue weighted by Crippen LogP contribution is 2.40. The highest BCUT2D eigenvalue weighted by Gasteiger charge is 2.36. The second-order valence-corrected chi connectivity index (χ2v) is 8.83. The van der Waals surface area contributed by atoms with Crippen LogP contribution in [0.4, 0.5) is 36.3 Å². The molecule has 12 heteroatoms. The van der Waals surface area contributed by atoms with Gasteiger partial charge in [0, 0.05) is 25.3 Å². The van der Waals surface area contributed by atoms with E-state index in [9.17, 15) is 22.8 Å². The highest BCUT2D eigenvalue weighted by atomic mass is 19.4. The average Bonchev–Trinajstić information content (AvgIpc) is 3.26. The molecule has 2 aromatic rings. The fourth-order valence-electron chi connectivity index (χ4n) is 4.22. The molecular weight excluding hydrogens is 477 g/mol. The molecule has 2 fully saturated rings. The summed E-state index contributed by atoms with van der Waals surface area (Å²) in [4.78, 5) is 33.0. The van der Waals surface area contributed by atoms with E-state index in [-0.39, 0.29) is 24.2 Å². The van der Waals surface area contributed by atoms with Crippen molar-refractivity contribution in [1.29, 1.82) is 0 Å². The van der Waals surface area contributed by atoms with Crippen LogP contribution in [-0.4, -0.2) is 57.5 Å². The zero-order valence-corrected chi connectivity index (χ0v) is 19.4. The molecule has 2 aliphatic rings. The number of nitrogens with one attached hydrogen (secondary N) is 3. The second-order valence-electron chi connectivity index (χ2n) is 8.83. The van der Waals surface area contributed by atoms with Crippen molar-refractivity contribution in [2.75, 3.05) is 35.6 Å². The first kappa shape index (κ1) is 25.4. The van der Waals surface area contributed by atoms with Gasteiger partial charge in [0.05, 0.1) is 11.4 Å². The number of amides is 2. The molecule has 1 aromatic heterocycles. The molecular formula is C24H27F3N6O3. The largest absolute Gasteiger partial charge is 0.421 e. The summed E-state index contributed by atoms with van der Waals surface area (Å²) in [6, 6.07) is 4.92. The molecule has 4 N–H and O–H groups in total. The van der Waals surface area contributed by atoms with Gasteiger partial charge in [0.1, 0.15) is 18.0 Å². The molecule has 1 aromatic carbocycles. The van der Waals surface area contributed by atoms with E-state index >= 15 is 0 Å². The van der Waals surface area contributed by atoms with Crippen molar-refractivity contribution < 1.29 is 27.9 Å². The van der Waals surface area contributed by atoms with Gasteiger partial charge in [-0.3, -0.25) is 9.59 Å². The summed E-state index contributed by atoms with van der Waals surface area (Å²) < 4.78 is 41.3. The van der Waals surface area contributed by atoms with Gasteiger partial charge >= 0.3 is 6.18 Å². The van der Waals surface area contributed by atoms with E-state index in [1.807, 2.05) is 6.07 Å². The average molecular weight is 505 g/mol. The number of nitrogens with zero attached hydrogens (tertiary/aromatic N) is 3. The molecule has 0 radical (unpaired) electrons. The molecule has 9 nitrogen and oxygen atoms in total. The maximum Gasteiger partial charge on any atom is 0.421 e. The normalized spacial score (nSPS) is 17.9. The molecule has 2 heterocycles. The number of aliphatic hydroxyl groups excluding tert-OH is 1. The number of aromatic nitrogens is 2. The Morgan fingerprint density at radius 2 is 2.00 bits per heavy atom. The Hall–Kier alpha value is -3.67. The number of hydrogen-bond acceptors (Lipinski definition) is 7. The quantitative estimate of drug-likeness (QED) is 0.405. The number of anilines is 4. The van der Waals surface area contributed by atoms with Crippen LogP contribution in [0.15, 0.2) is 37.1 Å². The molecule has 0 spiro atoms. The van der Waals surface area contributed by atoms with Gasteiger partial charge in [0.2, 0.25) is 17.8 Å². The Balaban J connectivity index is 1.61. The second kappa shape index (κ2) is 10.5. The number of rotatable bonds is 8. The monoisotopic (exact) mass is 504 g/mol. The number of carbonyl (C=O) groups is 2. The molecule has 1 atom stereocenters. The van der Waals surface area contributed by atoms with E-state index in [0.29, 0.717) is 30.8 Å². The molecule has 1 aliphatic heterocycles. The van der Waals surface area contributed by atoms with Crippen LogP contribution in [0.5, 0.6) is 0 Å². The lowest BCUT2D eigenvalue weighted by Crippen LogP contribution is -2.33. The van der Waals surface area contributed by atoms with Crippen molar-refractivity contribution >= 4 is 35.0 Å². The molecule has 2 amide bonds. The summed E-state index contributed by atoms with van der Waals surface area (Å²) in [6.45, 7) is 3.50. The van der Waals surface area contributed by atoms with Gasteiger partial charge in [-0.25, -0.2) is 4.98 Å². The van der Waals surface area contributed by atoms with Crippen LogP contribution in [0.1, 0.15) is 42.7 Å². The molecule has 1 unspecified atom stereocenters. The maximum absolute atomic E-state index is 13.8. The topological polar surface area (TPSA) is 119 Å². The van der Waals surface area contributed by atoms with Crippen LogP contribution in [0.2, 0.25) is 0 Å². The zero-order valence-electron chi connectivity index (χ0n) is 19.4. The lowest BCUT2D eigenvalue weighted by molar-refractivity contribution is -0.137.